The van der Waals surface area contributed by atoms with E-state index in [1.165, 1.54) is 18.2 Å². The van der Waals surface area contributed by atoms with Crippen molar-refractivity contribution in [3.05, 3.63) is 38.3 Å². The van der Waals surface area contributed by atoms with Crippen molar-refractivity contribution in [2.24, 2.45) is 0 Å². The summed E-state index contributed by atoms with van der Waals surface area (Å²) >= 11 is 2.92. The molecule has 1 unspecified atom stereocenters. The average molecular weight is 333 g/mol. The van der Waals surface area contributed by atoms with E-state index in [4.69, 9.17) is 10.2 Å². The first-order valence-electron chi connectivity index (χ1n) is 4.96. The van der Waals surface area contributed by atoms with E-state index in [1.807, 2.05) is 5.32 Å². The number of amides is 1. The zero-order valence-electron chi connectivity index (χ0n) is 9.37. The summed E-state index contributed by atoms with van der Waals surface area (Å²) in [6, 6.07) is 2.32. The number of carbonyl (C=O) groups excluding carboxylic acids is 1. The Morgan fingerprint density at radius 3 is 2.58 bits per heavy atom. The molecule has 0 heterocycles. The molecule has 0 fully saturated rings. The molecule has 0 saturated heterocycles. The summed E-state index contributed by atoms with van der Waals surface area (Å²) in [4.78, 5) is 32.5. The monoisotopic (exact) mass is 332 g/mol. The molecule has 3 N–H and O–H groups in total. The Balaban J connectivity index is 3.04. The lowest BCUT2D eigenvalue weighted by atomic mass is 10.1. The molecule has 0 radical (unpaired) electrons. The Morgan fingerprint density at radius 1 is 1.47 bits per heavy atom. The number of nitro groups is 1. The molecule has 0 saturated carbocycles. The molecule has 1 amide bonds. The lowest BCUT2D eigenvalue weighted by Crippen LogP contribution is -2.43. The van der Waals surface area contributed by atoms with Gasteiger partial charge >= 0.3 is 5.97 Å². The van der Waals surface area contributed by atoms with Gasteiger partial charge in [-0.1, -0.05) is 6.07 Å². The van der Waals surface area contributed by atoms with Gasteiger partial charge in [0.2, 0.25) is 0 Å². The lowest BCUT2D eigenvalue weighted by Gasteiger charge is -2.12. The third kappa shape index (κ3) is 3.48. The Hall–Kier alpha value is -2.00. The third-order valence-electron chi connectivity index (χ3n) is 2.21. The molecule has 0 aliphatic heterocycles. The van der Waals surface area contributed by atoms with Crippen LogP contribution in [0.25, 0.3) is 0 Å². The maximum absolute atomic E-state index is 11.8. The second kappa shape index (κ2) is 6.25. The molecule has 1 rings (SSSR count). The first-order chi connectivity index (χ1) is 8.88. The number of nitrogens with zero attached hydrogens (tertiary/aromatic N) is 1. The van der Waals surface area contributed by atoms with Crippen LogP contribution in [-0.4, -0.2) is 39.7 Å². The maximum Gasteiger partial charge on any atom is 0.328 e. The first-order valence-corrected chi connectivity index (χ1v) is 5.75. The van der Waals surface area contributed by atoms with Gasteiger partial charge in [0, 0.05) is 6.07 Å². The predicted octanol–water partition coefficient (Wildman–Crippen LogP) is 0.533. The summed E-state index contributed by atoms with van der Waals surface area (Å²) in [7, 11) is 0. The fourth-order valence-electron chi connectivity index (χ4n) is 1.26. The van der Waals surface area contributed by atoms with Gasteiger partial charge in [-0.2, -0.15) is 0 Å². The van der Waals surface area contributed by atoms with Gasteiger partial charge in [-0.15, -0.1) is 0 Å². The van der Waals surface area contributed by atoms with Gasteiger partial charge in [0.05, 0.1) is 17.1 Å². The molecule has 1 aromatic carbocycles. The maximum atomic E-state index is 11.8. The fourth-order valence-corrected chi connectivity index (χ4v) is 1.85. The molecule has 19 heavy (non-hydrogen) atoms. The van der Waals surface area contributed by atoms with Crippen LogP contribution in [0.5, 0.6) is 0 Å². The van der Waals surface area contributed by atoms with E-state index in [-0.39, 0.29) is 15.7 Å². The molecule has 9 heteroatoms. The van der Waals surface area contributed by atoms with Crippen molar-refractivity contribution in [2.45, 2.75) is 6.04 Å². The average Bonchev–Trinajstić information content (AvgIpc) is 2.35. The van der Waals surface area contributed by atoms with Gasteiger partial charge in [-0.3, -0.25) is 14.9 Å². The fraction of sp³-hybridized carbons (Fsp3) is 0.200. The first kappa shape index (κ1) is 15.1. The van der Waals surface area contributed by atoms with Gasteiger partial charge in [0.25, 0.3) is 11.6 Å². The molecular weight excluding hydrogens is 324 g/mol. The molecule has 0 aliphatic carbocycles. The van der Waals surface area contributed by atoms with Crippen LogP contribution in [0.4, 0.5) is 5.69 Å². The number of aliphatic hydroxyl groups excluding tert-OH is 1. The molecule has 102 valence electrons. The van der Waals surface area contributed by atoms with Crippen molar-refractivity contribution in [1.82, 2.24) is 5.32 Å². The van der Waals surface area contributed by atoms with Crippen molar-refractivity contribution in [3.63, 3.8) is 0 Å². The molecule has 8 nitrogen and oxygen atoms in total. The molecule has 1 atom stereocenters. The summed E-state index contributed by atoms with van der Waals surface area (Å²) < 4.78 is -0.0559. The van der Waals surface area contributed by atoms with Crippen molar-refractivity contribution < 1.29 is 24.7 Å². The number of halogens is 1. The number of hydrogen-bond donors (Lipinski definition) is 3. The van der Waals surface area contributed by atoms with Crippen LogP contribution >= 0.6 is 15.9 Å². The van der Waals surface area contributed by atoms with Gasteiger partial charge in [0.1, 0.15) is 4.47 Å². The van der Waals surface area contributed by atoms with E-state index in [0.29, 0.717) is 0 Å². The zero-order chi connectivity index (χ0) is 14.6. The van der Waals surface area contributed by atoms with Gasteiger partial charge in [-0.25, -0.2) is 4.79 Å². The van der Waals surface area contributed by atoms with Crippen molar-refractivity contribution in [3.8, 4) is 0 Å². The second-order valence-electron chi connectivity index (χ2n) is 3.44. The highest BCUT2D eigenvalue weighted by Gasteiger charge is 2.23. The Labute approximate surface area is 115 Å². The molecule has 0 aromatic heterocycles. The van der Waals surface area contributed by atoms with E-state index < -0.39 is 29.4 Å². The summed E-state index contributed by atoms with van der Waals surface area (Å²) in [5, 5.41) is 30.2. The number of carbonyl (C=O) groups is 2. The van der Waals surface area contributed by atoms with Crippen LogP contribution in [0.15, 0.2) is 22.7 Å². The van der Waals surface area contributed by atoms with E-state index in [1.54, 1.807) is 0 Å². The van der Waals surface area contributed by atoms with Crippen molar-refractivity contribution in [1.29, 1.82) is 0 Å². The number of nitrogens with one attached hydrogen (secondary N) is 1. The quantitative estimate of drug-likeness (QED) is 0.532. The predicted molar refractivity (Wildman–Crippen MR) is 66.8 cm³/mol. The van der Waals surface area contributed by atoms with Crippen molar-refractivity contribution >= 4 is 33.5 Å². The highest BCUT2D eigenvalue weighted by atomic mass is 79.9. The Bertz CT molecular complexity index is 533. The van der Waals surface area contributed by atoms with E-state index in [0.717, 1.165) is 0 Å². The summed E-state index contributed by atoms with van der Waals surface area (Å²) in [5.41, 5.74) is -0.405. The van der Waals surface area contributed by atoms with Crippen LogP contribution < -0.4 is 5.32 Å². The number of nitro benzene ring substituents is 1. The van der Waals surface area contributed by atoms with Crippen LogP contribution in [0.2, 0.25) is 0 Å². The molecule has 0 spiro atoms. The smallest absolute Gasteiger partial charge is 0.328 e. The largest absolute Gasteiger partial charge is 0.480 e. The Kier molecular flexibility index (Phi) is 4.95. The SMILES string of the molecule is O=C(NC(CO)C(=O)O)c1cccc([N+](=O)[O-])c1Br. The standard InChI is InChI=1S/C10H9BrN2O6/c11-8-5(2-1-3-7(8)13(18)19)9(15)12-6(4-14)10(16)17/h1-3,6,14H,4H2,(H,12,15)(H,16,17). The Morgan fingerprint density at radius 2 is 2.11 bits per heavy atom. The summed E-state index contributed by atoms with van der Waals surface area (Å²) in [6.45, 7) is -0.784. The number of carboxylic acid groups (broad SMARTS) is 1. The number of benzene rings is 1. The van der Waals surface area contributed by atoms with Gasteiger partial charge < -0.3 is 15.5 Å². The molecule has 1 aromatic rings. The zero-order valence-corrected chi connectivity index (χ0v) is 11.0. The second-order valence-corrected chi connectivity index (χ2v) is 4.24. The van der Waals surface area contributed by atoms with E-state index in [2.05, 4.69) is 15.9 Å². The topological polar surface area (TPSA) is 130 Å². The van der Waals surface area contributed by atoms with Crippen LogP contribution in [0, 0.1) is 10.1 Å². The number of carboxylic acids is 1. The minimum atomic E-state index is -1.47. The van der Waals surface area contributed by atoms with Crippen LogP contribution in [0.3, 0.4) is 0 Å². The minimum absolute atomic E-state index is 0.0559. The lowest BCUT2D eigenvalue weighted by molar-refractivity contribution is -0.385. The van der Waals surface area contributed by atoms with Gasteiger partial charge in [-0.05, 0) is 22.0 Å². The molecule has 0 aliphatic rings. The summed E-state index contributed by atoms with van der Waals surface area (Å²) in [6.07, 6.45) is 0. The molecule has 0 bridgehead atoms. The van der Waals surface area contributed by atoms with Gasteiger partial charge in [0.15, 0.2) is 6.04 Å². The highest BCUT2D eigenvalue weighted by Crippen LogP contribution is 2.28. The third-order valence-corrected chi connectivity index (χ3v) is 3.04. The number of hydrogen-bond acceptors (Lipinski definition) is 5. The van der Waals surface area contributed by atoms with Crippen LogP contribution in [-0.2, 0) is 4.79 Å². The van der Waals surface area contributed by atoms with E-state index >= 15 is 0 Å². The minimum Gasteiger partial charge on any atom is -0.480 e. The molecular formula is C10H9BrN2O6. The number of aliphatic hydroxyl groups is 1. The van der Waals surface area contributed by atoms with Crippen molar-refractivity contribution in [2.75, 3.05) is 6.61 Å². The van der Waals surface area contributed by atoms with Crippen LogP contribution in [0.1, 0.15) is 10.4 Å². The highest BCUT2D eigenvalue weighted by molar-refractivity contribution is 9.10. The number of aliphatic carboxylic acids is 1. The number of rotatable bonds is 5. The normalized spacial score (nSPS) is 11.7. The van der Waals surface area contributed by atoms with E-state index in [9.17, 15) is 19.7 Å². The summed E-state index contributed by atoms with van der Waals surface area (Å²) in [5.74, 6) is -2.24.